The van der Waals surface area contributed by atoms with Gasteiger partial charge >= 0.3 is 5.97 Å². The molecule has 2 heterocycles. The quantitative estimate of drug-likeness (QED) is 0.509. The Morgan fingerprint density at radius 2 is 1.87 bits per heavy atom. The van der Waals surface area contributed by atoms with E-state index < -0.39 is 0 Å². The molecule has 0 N–H and O–H groups in total. The first-order valence-electron chi connectivity index (χ1n) is 6.87. The number of hydrogen-bond donors (Lipinski definition) is 0. The third-order valence-electron chi connectivity index (χ3n) is 2.89. The molecular formula is C16H13N3O3S. The first-order valence-corrected chi connectivity index (χ1v) is 7.86. The van der Waals surface area contributed by atoms with Crippen molar-refractivity contribution in [3.63, 3.8) is 0 Å². The summed E-state index contributed by atoms with van der Waals surface area (Å²) in [5.41, 5.74) is 1.73. The van der Waals surface area contributed by atoms with Crippen LogP contribution in [-0.2, 0) is 16.1 Å². The van der Waals surface area contributed by atoms with E-state index in [1.165, 1.54) is 0 Å². The summed E-state index contributed by atoms with van der Waals surface area (Å²) in [5, 5.41) is 8.17. The highest BCUT2D eigenvalue weighted by molar-refractivity contribution is 7.99. The predicted octanol–water partition coefficient (Wildman–Crippen LogP) is 2.97. The highest BCUT2D eigenvalue weighted by Crippen LogP contribution is 2.22. The molecule has 0 bridgehead atoms. The van der Waals surface area contributed by atoms with Gasteiger partial charge in [0.1, 0.15) is 12.4 Å². The Kier molecular flexibility index (Phi) is 5.00. The number of pyridine rings is 1. The van der Waals surface area contributed by atoms with E-state index in [2.05, 4.69) is 15.2 Å². The van der Waals surface area contributed by atoms with Crippen LogP contribution < -0.4 is 0 Å². The van der Waals surface area contributed by atoms with Crippen LogP contribution in [0.25, 0.3) is 11.5 Å². The minimum atomic E-state index is -0.331. The van der Waals surface area contributed by atoms with Gasteiger partial charge in [0.2, 0.25) is 5.89 Å². The van der Waals surface area contributed by atoms with E-state index in [1.807, 2.05) is 30.3 Å². The summed E-state index contributed by atoms with van der Waals surface area (Å²) in [5.74, 6) is 0.181. The molecule has 0 atom stereocenters. The summed E-state index contributed by atoms with van der Waals surface area (Å²) in [6.45, 7) is 0.256. The van der Waals surface area contributed by atoms with Gasteiger partial charge in [-0.15, -0.1) is 10.2 Å². The zero-order valence-corrected chi connectivity index (χ0v) is 12.9. The maximum absolute atomic E-state index is 11.7. The lowest BCUT2D eigenvalue weighted by molar-refractivity contribution is -0.141. The highest BCUT2D eigenvalue weighted by atomic mass is 32.2. The Balaban J connectivity index is 1.49. The fourth-order valence-corrected chi connectivity index (χ4v) is 2.34. The van der Waals surface area contributed by atoms with Crippen LogP contribution >= 0.6 is 11.8 Å². The third-order valence-corrected chi connectivity index (χ3v) is 3.68. The Morgan fingerprint density at radius 1 is 1.09 bits per heavy atom. The Morgan fingerprint density at radius 3 is 2.65 bits per heavy atom. The molecule has 0 radical (unpaired) electrons. The van der Waals surface area contributed by atoms with Gasteiger partial charge in [-0.25, -0.2) is 0 Å². The van der Waals surface area contributed by atoms with Crippen LogP contribution in [0.1, 0.15) is 5.56 Å². The fraction of sp³-hybridized carbons (Fsp3) is 0.125. The second-order valence-electron chi connectivity index (χ2n) is 4.54. The van der Waals surface area contributed by atoms with E-state index in [1.54, 1.807) is 24.5 Å². The van der Waals surface area contributed by atoms with E-state index in [9.17, 15) is 4.79 Å². The molecule has 0 saturated carbocycles. The van der Waals surface area contributed by atoms with Gasteiger partial charge < -0.3 is 9.15 Å². The monoisotopic (exact) mass is 327 g/mol. The van der Waals surface area contributed by atoms with E-state index in [-0.39, 0.29) is 18.3 Å². The van der Waals surface area contributed by atoms with Crippen LogP contribution in [0.15, 0.2) is 64.5 Å². The summed E-state index contributed by atoms with van der Waals surface area (Å²) < 4.78 is 10.7. The molecule has 2 aromatic heterocycles. The molecule has 0 aliphatic carbocycles. The minimum Gasteiger partial charge on any atom is -0.460 e. The number of nitrogens with zero attached hydrogens (tertiary/aromatic N) is 3. The van der Waals surface area contributed by atoms with E-state index in [0.717, 1.165) is 22.9 Å². The van der Waals surface area contributed by atoms with E-state index in [0.29, 0.717) is 11.1 Å². The number of benzene rings is 1. The van der Waals surface area contributed by atoms with Crippen molar-refractivity contribution in [2.45, 2.75) is 11.8 Å². The largest absolute Gasteiger partial charge is 0.460 e. The number of esters is 1. The maximum Gasteiger partial charge on any atom is 0.316 e. The Labute approximate surface area is 136 Å². The van der Waals surface area contributed by atoms with Gasteiger partial charge in [0.15, 0.2) is 0 Å². The minimum absolute atomic E-state index is 0.116. The van der Waals surface area contributed by atoms with Crippen LogP contribution in [0.4, 0.5) is 0 Å². The lowest BCUT2D eigenvalue weighted by Gasteiger charge is -2.03. The lowest BCUT2D eigenvalue weighted by Crippen LogP contribution is -2.07. The van der Waals surface area contributed by atoms with Crippen molar-refractivity contribution in [1.29, 1.82) is 0 Å². The lowest BCUT2D eigenvalue weighted by atomic mass is 10.2. The van der Waals surface area contributed by atoms with Crippen LogP contribution in [0.5, 0.6) is 0 Å². The molecule has 0 saturated heterocycles. The number of hydrogen-bond acceptors (Lipinski definition) is 7. The van der Waals surface area contributed by atoms with Crippen LogP contribution in [0, 0.1) is 0 Å². The molecule has 6 nitrogen and oxygen atoms in total. The molecule has 0 aliphatic heterocycles. The molecule has 1 aromatic carbocycles. The second-order valence-corrected chi connectivity index (χ2v) is 5.47. The van der Waals surface area contributed by atoms with Crippen LogP contribution in [-0.4, -0.2) is 26.9 Å². The van der Waals surface area contributed by atoms with Gasteiger partial charge in [-0.1, -0.05) is 42.1 Å². The molecule has 0 unspecified atom stereocenters. The summed E-state index contributed by atoms with van der Waals surface area (Å²) in [6.07, 6.45) is 3.29. The molecular weight excluding hydrogens is 314 g/mol. The van der Waals surface area contributed by atoms with Crippen molar-refractivity contribution in [2.24, 2.45) is 0 Å². The molecule has 0 amide bonds. The standard InChI is InChI=1S/C16H13N3O3S/c20-14(21-10-12-4-2-1-3-5-12)11-23-16-19-18-15(22-16)13-6-8-17-9-7-13/h1-9H,10-11H2. The summed E-state index contributed by atoms with van der Waals surface area (Å²) in [7, 11) is 0. The summed E-state index contributed by atoms with van der Waals surface area (Å²) >= 11 is 1.15. The molecule has 0 aliphatic rings. The van der Waals surface area contributed by atoms with Crippen LogP contribution in [0.3, 0.4) is 0 Å². The molecule has 7 heteroatoms. The number of carbonyl (C=O) groups is 1. The number of ether oxygens (including phenoxy) is 1. The van der Waals surface area contributed by atoms with Crippen molar-refractivity contribution < 1.29 is 13.9 Å². The fourth-order valence-electron chi connectivity index (χ4n) is 1.78. The third kappa shape index (κ3) is 4.40. The number of aromatic nitrogens is 3. The van der Waals surface area contributed by atoms with Crippen molar-refractivity contribution >= 4 is 17.7 Å². The van der Waals surface area contributed by atoms with E-state index in [4.69, 9.17) is 9.15 Å². The zero-order valence-electron chi connectivity index (χ0n) is 12.1. The van der Waals surface area contributed by atoms with Crippen molar-refractivity contribution in [3.8, 4) is 11.5 Å². The first kappa shape index (κ1) is 15.2. The van der Waals surface area contributed by atoms with Crippen molar-refractivity contribution in [1.82, 2.24) is 15.2 Å². The van der Waals surface area contributed by atoms with Gasteiger partial charge in [0.25, 0.3) is 5.22 Å². The normalized spacial score (nSPS) is 10.4. The molecule has 3 aromatic rings. The predicted molar refractivity (Wildman–Crippen MR) is 84.5 cm³/mol. The number of carbonyl (C=O) groups excluding carboxylic acids is 1. The Bertz CT molecular complexity index is 763. The molecule has 3 rings (SSSR count). The molecule has 116 valence electrons. The summed E-state index contributed by atoms with van der Waals surface area (Å²) in [4.78, 5) is 15.7. The summed E-state index contributed by atoms with van der Waals surface area (Å²) in [6, 6.07) is 13.1. The highest BCUT2D eigenvalue weighted by Gasteiger charge is 2.11. The average Bonchev–Trinajstić information content (AvgIpc) is 3.09. The zero-order chi connectivity index (χ0) is 15.9. The number of thioether (sulfide) groups is 1. The average molecular weight is 327 g/mol. The maximum atomic E-state index is 11.7. The van der Waals surface area contributed by atoms with Gasteiger partial charge in [-0.2, -0.15) is 0 Å². The molecule has 23 heavy (non-hydrogen) atoms. The molecule has 0 spiro atoms. The molecule has 0 fully saturated rings. The SMILES string of the molecule is O=C(CSc1nnc(-c2ccncc2)o1)OCc1ccccc1. The first-order chi connectivity index (χ1) is 11.3. The van der Waals surface area contributed by atoms with Crippen molar-refractivity contribution in [3.05, 3.63) is 60.4 Å². The van der Waals surface area contributed by atoms with Gasteiger partial charge in [-0.3, -0.25) is 9.78 Å². The smallest absolute Gasteiger partial charge is 0.316 e. The second kappa shape index (κ2) is 7.55. The van der Waals surface area contributed by atoms with Gasteiger partial charge in [0, 0.05) is 18.0 Å². The van der Waals surface area contributed by atoms with Crippen molar-refractivity contribution in [2.75, 3.05) is 5.75 Å². The van der Waals surface area contributed by atoms with Gasteiger partial charge in [-0.05, 0) is 17.7 Å². The topological polar surface area (TPSA) is 78.1 Å². The Hall–Kier alpha value is -2.67. The number of rotatable bonds is 6. The van der Waals surface area contributed by atoms with E-state index >= 15 is 0 Å². The van der Waals surface area contributed by atoms with Gasteiger partial charge in [0.05, 0.1) is 0 Å². The van der Waals surface area contributed by atoms with Crippen LogP contribution in [0.2, 0.25) is 0 Å².